The van der Waals surface area contributed by atoms with E-state index in [-0.39, 0.29) is 10.6 Å². The molecular weight excluding hydrogens is 208 g/mol. The van der Waals surface area contributed by atoms with E-state index in [0.717, 1.165) is 11.1 Å². The Morgan fingerprint density at radius 2 is 2.06 bits per heavy atom. The topological polar surface area (TPSA) is 87.0 Å². The zero-order valence-corrected chi connectivity index (χ0v) is 9.31. The van der Waals surface area contributed by atoms with E-state index >= 15 is 0 Å². The number of rotatable bonds is 1. The van der Waals surface area contributed by atoms with Crippen LogP contribution in [0.5, 0.6) is 0 Å². The fourth-order valence-electron chi connectivity index (χ4n) is 2.07. The summed E-state index contributed by atoms with van der Waals surface area (Å²) in [6, 6.07) is 1.69. The summed E-state index contributed by atoms with van der Waals surface area (Å²) < 4.78 is 0. The molecule has 0 fully saturated rings. The van der Waals surface area contributed by atoms with Crippen LogP contribution in [0.3, 0.4) is 0 Å². The Hall–Kier alpha value is -2.11. The van der Waals surface area contributed by atoms with Crippen molar-refractivity contribution in [2.45, 2.75) is 20.8 Å². The van der Waals surface area contributed by atoms with E-state index in [1.165, 1.54) is 4.79 Å². The van der Waals surface area contributed by atoms with Gasteiger partial charge in [0.05, 0.1) is 16.1 Å². The van der Waals surface area contributed by atoms with E-state index in [1.807, 2.05) is 0 Å². The molecule has 1 aromatic heterocycles. The second kappa shape index (κ2) is 3.19. The third-order valence-corrected chi connectivity index (χ3v) is 2.82. The summed E-state index contributed by atoms with van der Waals surface area (Å²) in [5.41, 5.74) is 2.79. The Balaban J connectivity index is 2.96. The molecule has 1 heterocycles. The molecule has 6 nitrogen and oxygen atoms in total. The first-order valence-corrected chi connectivity index (χ1v) is 4.82. The monoisotopic (exact) mass is 220 g/mol. The highest BCUT2D eigenvalue weighted by Crippen LogP contribution is 2.31. The van der Waals surface area contributed by atoms with Gasteiger partial charge in [-0.25, -0.2) is 0 Å². The average Bonchev–Trinajstić information content (AvgIpc) is 2.41. The van der Waals surface area contributed by atoms with Crippen LogP contribution in [0.15, 0.2) is 6.07 Å². The number of fused-ring (bicyclic) bond motifs is 1. The minimum Gasteiger partial charge on any atom is -0.323 e. The molecule has 16 heavy (non-hydrogen) atoms. The van der Waals surface area contributed by atoms with Gasteiger partial charge in [0.15, 0.2) is 0 Å². The van der Waals surface area contributed by atoms with Gasteiger partial charge in [0, 0.05) is 16.5 Å². The van der Waals surface area contributed by atoms with Crippen molar-refractivity contribution in [3.63, 3.8) is 0 Å². The van der Waals surface area contributed by atoms with Crippen molar-refractivity contribution in [2.75, 3.05) is 5.84 Å². The van der Waals surface area contributed by atoms with E-state index in [9.17, 15) is 10.1 Å². The van der Waals surface area contributed by atoms with Crippen LogP contribution in [-0.2, 0) is 0 Å². The zero-order valence-electron chi connectivity index (χ0n) is 9.31. The number of aromatic nitrogens is 2. The predicted octanol–water partition coefficient (Wildman–Crippen LogP) is 1.58. The molecular formula is C10H12N4O2. The van der Waals surface area contributed by atoms with Crippen LogP contribution in [0.2, 0.25) is 0 Å². The third kappa shape index (κ3) is 1.23. The molecule has 0 amide bonds. The summed E-state index contributed by atoms with van der Waals surface area (Å²) in [4.78, 5) is 11.8. The molecule has 0 bridgehead atoms. The zero-order chi connectivity index (χ0) is 12.0. The molecule has 0 aliphatic rings. The summed E-state index contributed by atoms with van der Waals surface area (Å²) in [7, 11) is 0. The van der Waals surface area contributed by atoms with E-state index in [2.05, 4.69) is 5.10 Å². The first kappa shape index (κ1) is 10.4. The van der Waals surface area contributed by atoms with Crippen LogP contribution in [0.25, 0.3) is 10.9 Å². The quantitative estimate of drug-likeness (QED) is 0.449. The standard InChI is InChI=1S/C10H12N4O2/c1-5-4-8-9(7(3)13(11)12-8)6(2)10(5)14(15)16/h4H,11H2,1-3H3. The smallest absolute Gasteiger partial charge is 0.275 e. The molecule has 0 radical (unpaired) electrons. The molecule has 1 aromatic carbocycles. The number of aryl methyl sites for hydroxylation is 3. The summed E-state index contributed by atoms with van der Waals surface area (Å²) in [5, 5.41) is 15.8. The second-order valence-electron chi connectivity index (χ2n) is 3.85. The maximum Gasteiger partial charge on any atom is 0.275 e. The Bertz CT molecular complexity index is 601. The summed E-state index contributed by atoms with van der Waals surface area (Å²) >= 11 is 0. The number of benzene rings is 1. The van der Waals surface area contributed by atoms with Gasteiger partial charge < -0.3 is 5.84 Å². The molecule has 0 aliphatic carbocycles. The van der Waals surface area contributed by atoms with Gasteiger partial charge in [-0.3, -0.25) is 10.1 Å². The molecule has 0 saturated heterocycles. The van der Waals surface area contributed by atoms with Crippen molar-refractivity contribution in [1.82, 2.24) is 9.89 Å². The van der Waals surface area contributed by atoms with Crippen LogP contribution >= 0.6 is 0 Å². The van der Waals surface area contributed by atoms with Gasteiger partial charge >= 0.3 is 0 Å². The average molecular weight is 220 g/mol. The van der Waals surface area contributed by atoms with Crippen LogP contribution < -0.4 is 5.84 Å². The van der Waals surface area contributed by atoms with Crippen molar-refractivity contribution in [3.05, 3.63) is 33.0 Å². The molecule has 0 spiro atoms. The minimum absolute atomic E-state index is 0.142. The van der Waals surface area contributed by atoms with Gasteiger partial charge in [-0.15, -0.1) is 0 Å². The molecule has 2 N–H and O–H groups in total. The summed E-state index contributed by atoms with van der Waals surface area (Å²) in [6.45, 7) is 5.22. The van der Waals surface area contributed by atoms with E-state index in [4.69, 9.17) is 5.84 Å². The van der Waals surface area contributed by atoms with Crippen molar-refractivity contribution in [2.24, 2.45) is 0 Å². The highest BCUT2D eigenvalue weighted by atomic mass is 16.6. The lowest BCUT2D eigenvalue weighted by Gasteiger charge is -2.02. The van der Waals surface area contributed by atoms with Crippen LogP contribution in [-0.4, -0.2) is 14.8 Å². The fourth-order valence-corrected chi connectivity index (χ4v) is 2.07. The maximum atomic E-state index is 11.0. The summed E-state index contributed by atoms with van der Waals surface area (Å²) in [5.74, 6) is 5.63. The minimum atomic E-state index is -0.364. The van der Waals surface area contributed by atoms with E-state index in [0.29, 0.717) is 16.6 Å². The Morgan fingerprint density at radius 3 is 2.62 bits per heavy atom. The van der Waals surface area contributed by atoms with E-state index in [1.54, 1.807) is 26.8 Å². The molecule has 2 rings (SSSR count). The first-order valence-electron chi connectivity index (χ1n) is 4.82. The lowest BCUT2D eigenvalue weighted by atomic mass is 10.0. The number of nitrogen functional groups attached to an aromatic ring is 1. The van der Waals surface area contributed by atoms with Gasteiger partial charge in [-0.05, 0) is 26.8 Å². The number of nitrogens with two attached hydrogens (primary N) is 1. The summed E-state index contributed by atoms with van der Waals surface area (Å²) in [6.07, 6.45) is 0. The number of nitro benzene ring substituents is 1. The molecule has 2 aromatic rings. The van der Waals surface area contributed by atoms with Crippen molar-refractivity contribution in [1.29, 1.82) is 0 Å². The number of hydrogen-bond acceptors (Lipinski definition) is 4. The molecule has 0 unspecified atom stereocenters. The van der Waals surface area contributed by atoms with Gasteiger partial charge in [0.1, 0.15) is 0 Å². The highest BCUT2D eigenvalue weighted by molar-refractivity contribution is 5.89. The number of hydrogen-bond donors (Lipinski definition) is 1. The van der Waals surface area contributed by atoms with Crippen LogP contribution in [0.1, 0.15) is 16.8 Å². The van der Waals surface area contributed by atoms with Crippen molar-refractivity contribution in [3.8, 4) is 0 Å². The Labute approximate surface area is 91.8 Å². The molecule has 84 valence electrons. The molecule has 0 atom stereocenters. The Kier molecular flexibility index (Phi) is 2.08. The third-order valence-electron chi connectivity index (χ3n) is 2.82. The van der Waals surface area contributed by atoms with Gasteiger partial charge in [-0.1, -0.05) is 0 Å². The van der Waals surface area contributed by atoms with Crippen molar-refractivity contribution >= 4 is 16.6 Å². The normalized spacial score (nSPS) is 10.9. The molecule has 6 heteroatoms. The van der Waals surface area contributed by atoms with Gasteiger partial charge in [-0.2, -0.15) is 9.89 Å². The maximum absolute atomic E-state index is 11.0. The van der Waals surface area contributed by atoms with Crippen LogP contribution in [0.4, 0.5) is 5.69 Å². The SMILES string of the molecule is Cc1cc2nn(N)c(C)c2c(C)c1[N+](=O)[O-]. The van der Waals surface area contributed by atoms with Gasteiger partial charge in [0.25, 0.3) is 5.69 Å². The number of nitrogens with zero attached hydrogens (tertiary/aromatic N) is 3. The largest absolute Gasteiger partial charge is 0.323 e. The van der Waals surface area contributed by atoms with E-state index < -0.39 is 0 Å². The molecule has 0 saturated carbocycles. The second-order valence-corrected chi connectivity index (χ2v) is 3.85. The fraction of sp³-hybridized carbons (Fsp3) is 0.300. The van der Waals surface area contributed by atoms with Crippen LogP contribution in [0, 0.1) is 30.9 Å². The van der Waals surface area contributed by atoms with Crippen molar-refractivity contribution < 1.29 is 4.92 Å². The molecule has 0 aliphatic heterocycles. The van der Waals surface area contributed by atoms with Gasteiger partial charge in [0.2, 0.25) is 0 Å². The Morgan fingerprint density at radius 1 is 1.44 bits per heavy atom. The lowest BCUT2D eigenvalue weighted by Crippen LogP contribution is -2.11. The predicted molar refractivity (Wildman–Crippen MR) is 60.7 cm³/mol. The first-order chi connectivity index (χ1) is 7.43. The lowest BCUT2D eigenvalue weighted by molar-refractivity contribution is -0.385. The highest BCUT2D eigenvalue weighted by Gasteiger charge is 2.20. The number of nitro groups is 1.